The van der Waals surface area contributed by atoms with Crippen LogP contribution >= 0.6 is 0 Å². The van der Waals surface area contributed by atoms with E-state index in [9.17, 15) is 0 Å². The van der Waals surface area contributed by atoms with Gasteiger partial charge in [-0.1, -0.05) is 42.5 Å². The molecule has 0 aliphatic heterocycles. The monoisotopic (exact) mass is 295 g/mol. The highest BCUT2D eigenvalue weighted by atomic mass is 14.6. The maximum atomic E-state index is 6.08. The molecule has 0 bridgehead atoms. The molecule has 0 aromatic heterocycles. The van der Waals surface area contributed by atoms with Crippen LogP contribution in [-0.2, 0) is 12.8 Å². The van der Waals surface area contributed by atoms with Crippen molar-refractivity contribution < 1.29 is 0 Å². The van der Waals surface area contributed by atoms with Gasteiger partial charge >= 0.3 is 0 Å². The Labute approximate surface area is 135 Å². The van der Waals surface area contributed by atoms with Crippen LogP contribution in [0.15, 0.2) is 42.5 Å². The quantitative estimate of drug-likeness (QED) is 0.785. The van der Waals surface area contributed by atoms with Crippen molar-refractivity contribution in [2.24, 2.45) is 11.7 Å². The minimum absolute atomic E-state index is 0.425. The second kappa shape index (κ2) is 7.28. The van der Waals surface area contributed by atoms with Crippen molar-refractivity contribution in [2.45, 2.75) is 63.8 Å². The zero-order chi connectivity index (χ0) is 15.4. The van der Waals surface area contributed by atoms with Gasteiger partial charge in [0, 0.05) is 6.04 Å². The van der Waals surface area contributed by atoms with Gasteiger partial charge in [0.2, 0.25) is 0 Å². The first-order chi connectivity index (χ1) is 10.8. The number of hydrogen-bond acceptors (Lipinski definition) is 1. The predicted octanol–water partition coefficient (Wildman–Crippen LogP) is 4.91. The van der Waals surface area contributed by atoms with Crippen LogP contribution in [0.3, 0.4) is 0 Å². The third-order valence-electron chi connectivity index (χ3n) is 5.41. The summed E-state index contributed by atoms with van der Waals surface area (Å²) in [7, 11) is 0. The highest BCUT2D eigenvalue weighted by molar-refractivity contribution is 5.36. The maximum Gasteiger partial charge on any atom is 0.00448 e. The van der Waals surface area contributed by atoms with Gasteiger partial charge in [0.1, 0.15) is 0 Å². The van der Waals surface area contributed by atoms with E-state index in [0.29, 0.717) is 12.0 Å². The van der Waals surface area contributed by atoms with Crippen LogP contribution in [0.1, 0.15) is 61.6 Å². The molecule has 2 unspecified atom stereocenters. The SMILES string of the molecule is C/C=C/C=C\C[C@@H]1CCc2cc(C3CCC(N)C3)ccc2C1. The van der Waals surface area contributed by atoms with Crippen molar-refractivity contribution in [3.8, 4) is 0 Å². The van der Waals surface area contributed by atoms with Gasteiger partial charge in [-0.25, -0.2) is 0 Å². The largest absolute Gasteiger partial charge is 0.328 e. The molecule has 0 radical (unpaired) electrons. The summed E-state index contributed by atoms with van der Waals surface area (Å²) in [5, 5.41) is 0. The molecule has 1 heteroatoms. The molecule has 118 valence electrons. The Morgan fingerprint density at radius 2 is 2.05 bits per heavy atom. The molecule has 0 amide bonds. The molecule has 2 aliphatic rings. The zero-order valence-corrected chi connectivity index (χ0v) is 13.8. The highest BCUT2D eigenvalue weighted by Crippen LogP contribution is 2.36. The molecule has 0 heterocycles. The number of benzene rings is 1. The Kier molecular flexibility index (Phi) is 5.15. The van der Waals surface area contributed by atoms with Gasteiger partial charge in [-0.05, 0) is 80.4 Å². The number of nitrogens with two attached hydrogens (primary N) is 1. The molecule has 1 aromatic carbocycles. The molecule has 3 rings (SSSR count). The third-order valence-corrected chi connectivity index (χ3v) is 5.41. The molecule has 1 saturated carbocycles. The second-order valence-electron chi connectivity index (χ2n) is 7.10. The van der Waals surface area contributed by atoms with Crippen molar-refractivity contribution in [1.29, 1.82) is 0 Å². The number of hydrogen-bond donors (Lipinski definition) is 1. The van der Waals surface area contributed by atoms with Gasteiger partial charge in [-0.2, -0.15) is 0 Å². The summed E-state index contributed by atoms with van der Waals surface area (Å²) in [6.45, 7) is 2.07. The lowest BCUT2D eigenvalue weighted by atomic mass is 9.80. The van der Waals surface area contributed by atoms with Gasteiger partial charge in [0.25, 0.3) is 0 Å². The van der Waals surface area contributed by atoms with Gasteiger partial charge in [0.05, 0.1) is 0 Å². The molecule has 0 spiro atoms. The molecular weight excluding hydrogens is 266 g/mol. The van der Waals surface area contributed by atoms with Crippen LogP contribution in [0.2, 0.25) is 0 Å². The van der Waals surface area contributed by atoms with E-state index in [1.54, 1.807) is 11.1 Å². The molecule has 0 saturated heterocycles. The average Bonchev–Trinajstić information content (AvgIpc) is 2.97. The van der Waals surface area contributed by atoms with Crippen molar-refractivity contribution in [1.82, 2.24) is 0 Å². The molecular formula is C21H29N. The smallest absolute Gasteiger partial charge is 0.00448 e. The van der Waals surface area contributed by atoms with E-state index in [-0.39, 0.29) is 0 Å². The molecule has 22 heavy (non-hydrogen) atoms. The summed E-state index contributed by atoms with van der Waals surface area (Å²) in [4.78, 5) is 0. The van der Waals surface area contributed by atoms with Crippen molar-refractivity contribution in [2.75, 3.05) is 0 Å². The molecule has 2 aliphatic carbocycles. The van der Waals surface area contributed by atoms with E-state index in [1.807, 2.05) is 0 Å². The van der Waals surface area contributed by atoms with Gasteiger partial charge in [-0.15, -0.1) is 0 Å². The normalized spacial score (nSPS) is 28.5. The highest BCUT2D eigenvalue weighted by Gasteiger charge is 2.25. The Morgan fingerprint density at radius 3 is 2.82 bits per heavy atom. The van der Waals surface area contributed by atoms with Crippen LogP contribution in [0.5, 0.6) is 0 Å². The fourth-order valence-corrected chi connectivity index (χ4v) is 4.09. The Balaban J connectivity index is 1.63. The predicted molar refractivity (Wildman–Crippen MR) is 95.1 cm³/mol. The van der Waals surface area contributed by atoms with Crippen LogP contribution in [0.25, 0.3) is 0 Å². The van der Waals surface area contributed by atoms with E-state index in [1.165, 1.54) is 50.5 Å². The van der Waals surface area contributed by atoms with Crippen LogP contribution in [-0.4, -0.2) is 6.04 Å². The first-order valence-corrected chi connectivity index (χ1v) is 8.91. The summed E-state index contributed by atoms with van der Waals surface area (Å²) in [5.41, 5.74) is 10.8. The fraction of sp³-hybridized carbons (Fsp3) is 0.524. The summed E-state index contributed by atoms with van der Waals surface area (Å²) in [5.74, 6) is 1.53. The Hall–Kier alpha value is -1.34. The zero-order valence-electron chi connectivity index (χ0n) is 13.8. The van der Waals surface area contributed by atoms with E-state index in [2.05, 4.69) is 49.4 Å². The first-order valence-electron chi connectivity index (χ1n) is 8.91. The summed E-state index contributed by atoms with van der Waals surface area (Å²) in [6, 6.07) is 7.69. The lowest BCUT2D eigenvalue weighted by molar-refractivity contribution is 0.463. The van der Waals surface area contributed by atoms with Gasteiger partial charge in [0.15, 0.2) is 0 Å². The Morgan fingerprint density at radius 1 is 1.14 bits per heavy atom. The van der Waals surface area contributed by atoms with E-state index in [0.717, 1.165) is 5.92 Å². The summed E-state index contributed by atoms with van der Waals surface area (Å²) >= 11 is 0. The number of aryl methyl sites for hydroxylation is 1. The molecule has 3 atom stereocenters. The molecule has 1 fully saturated rings. The minimum Gasteiger partial charge on any atom is -0.328 e. The van der Waals surface area contributed by atoms with Crippen LogP contribution in [0, 0.1) is 5.92 Å². The van der Waals surface area contributed by atoms with Gasteiger partial charge in [-0.3, -0.25) is 0 Å². The van der Waals surface area contributed by atoms with E-state index in [4.69, 9.17) is 5.73 Å². The molecule has 1 nitrogen and oxygen atoms in total. The number of rotatable bonds is 4. The second-order valence-corrected chi connectivity index (χ2v) is 7.10. The first kappa shape index (κ1) is 15.6. The van der Waals surface area contributed by atoms with Crippen LogP contribution < -0.4 is 5.73 Å². The van der Waals surface area contributed by atoms with E-state index < -0.39 is 0 Å². The summed E-state index contributed by atoms with van der Waals surface area (Å²) in [6.07, 6.45) is 17.4. The van der Waals surface area contributed by atoms with Gasteiger partial charge < -0.3 is 5.73 Å². The van der Waals surface area contributed by atoms with Crippen LogP contribution in [0.4, 0.5) is 0 Å². The topological polar surface area (TPSA) is 26.0 Å². The fourth-order valence-electron chi connectivity index (χ4n) is 4.09. The minimum atomic E-state index is 0.425. The third kappa shape index (κ3) is 3.70. The number of fused-ring (bicyclic) bond motifs is 1. The van der Waals surface area contributed by atoms with Crippen molar-refractivity contribution in [3.63, 3.8) is 0 Å². The van der Waals surface area contributed by atoms with E-state index >= 15 is 0 Å². The lowest BCUT2D eigenvalue weighted by Gasteiger charge is -2.25. The Bertz CT molecular complexity index is 555. The molecule has 2 N–H and O–H groups in total. The van der Waals surface area contributed by atoms with Crippen molar-refractivity contribution >= 4 is 0 Å². The average molecular weight is 295 g/mol. The lowest BCUT2D eigenvalue weighted by Crippen LogP contribution is -2.15. The molecule has 1 aromatic rings. The summed E-state index contributed by atoms with van der Waals surface area (Å²) < 4.78 is 0. The standard InChI is InChI=1S/C21H29N/c1-2-3-4-5-6-16-7-8-18-14-19(10-9-17(18)13-16)20-11-12-21(22)15-20/h2-5,9-10,14,16,20-21H,6-8,11-13,15,22H2,1H3/b3-2+,5-4-/t16-,20?,21?/m1/s1. The number of allylic oxidation sites excluding steroid dienone is 4. The maximum absolute atomic E-state index is 6.08. The van der Waals surface area contributed by atoms with Crippen molar-refractivity contribution in [3.05, 3.63) is 59.2 Å².